The van der Waals surface area contributed by atoms with E-state index in [2.05, 4.69) is 23.4 Å². The number of ketones is 1. The lowest BCUT2D eigenvalue weighted by molar-refractivity contribution is -0.150. The van der Waals surface area contributed by atoms with E-state index in [-0.39, 0.29) is 50.5 Å². The zero-order valence-corrected chi connectivity index (χ0v) is 31.9. The Morgan fingerprint density at radius 1 is 1.07 bits per heavy atom. The first-order chi connectivity index (χ1) is 26.5. The number of benzene rings is 2. The van der Waals surface area contributed by atoms with Crippen LogP contribution >= 0.6 is 0 Å². The third-order valence-corrected chi connectivity index (χ3v) is 13.4. The van der Waals surface area contributed by atoms with Crippen molar-refractivity contribution >= 4 is 44.5 Å². The molecule has 12 nitrogen and oxygen atoms in total. The third kappa shape index (κ3) is 8.62. The maximum Gasteiger partial charge on any atom is 0.306 e. The minimum Gasteiger partial charge on any atom is -0.488 e. The highest BCUT2D eigenvalue weighted by molar-refractivity contribution is 7.90. The smallest absolute Gasteiger partial charge is 0.306 e. The molecule has 4 bridgehead atoms. The van der Waals surface area contributed by atoms with Crippen molar-refractivity contribution in [2.45, 2.75) is 94.4 Å². The standard InChI is InChI=1S/C42H50N4O8S/c1-2-30-24-42(30,41(50)45-55(51,52)32-15-16-32)25-37(47)36-22-31-26-46(36)40(49)29(13-9-18-43)21-39(48)53-19-8-4-5-10-27-14-17-34-33(20-27)38(54-31)23-35(44-34)28-11-6-3-7-12-28/h2-3,6-7,11-12,14,17,20,23,29-32,36H,1,4-5,8-10,13,15-16,18-19,21-22,24-26,43H2,(H,45,50)/t29-,30-,31-,36+,42-/m1/s1. The van der Waals surface area contributed by atoms with Gasteiger partial charge in [-0.05, 0) is 87.9 Å². The van der Waals surface area contributed by atoms with Gasteiger partial charge >= 0.3 is 5.97 Å². The van der Waals surface area contributed by atoms with Crippen LogP contribution in [0.15, 0.2) is 67.3 Å². The van der Waals surface area contributed by atoms with Crippen LogP contribution in [-0.2, 0) is 40.4 Å². The molecule has 0 unspecified atom stereocenters. The third-order valence-electron chi connectivity index (χ3n) is 11.6. The Bertz CT molecular complexity index is 2070. The molecule has 55 heavy (non-hydrogen) atoms. The van der Waals surface area contributed by atoms with Crippen molar-refractivity contribution < 1.29 is 37.1 Å². The Morgan fingerprint density at radius 3 is 2.60 bits per heavy atom. The number of Topliss-reactive ketones (excluding diaryl/α,β-unsaturated/α-hetero) is 1. The molecule has 3 heterocycles. The summed E-state index contributed by atoms with van der Waals surface area (Å²) in [6.07, 6.45) is 5.99. The minimum atomic E-state index is -3.85. The highest BCUT2D eigenvalue weighted by atomic mass is 32.2. The molecule has 1 aromatic heterocycles. The molecule has 1 saturated heterocycles. The second kappa shape index (κ2) is 16.2. The van der Waals surface area contributed by atoms with Gasteiger partial charge in [0.15, 0.2) is 5.78 Å². The molecule has 292 valence electrons. The number of fused-ring (bicyclic) bond motifs is 3. The minimum absolute atomic E-state index is 0.0632. The van der Waals surface area contributed by atoms with E-state index in [9.17, 15) is 27.6 Å². The highest BCUT2D eigenvalue weighted by Gasteiger charge is 2.61. The van der Waals surface area contributed by atoms with Gasteiger partial charge in [0.05, 0.1) is 47.5 Å². The zero-order valence-electron chi connectivity index (χ0n) is 31.1. The average molecular weight is 771 g/mol. The largest absolute Gasteiger partial charge is 0.488 e. The van der Waals surface area contributed by atoms with Crippen molar-refractivity contribution in [2.75, 3.05) is 19.7 Å². The van der Waals surface area contributed by atoms with Gasteiger partial charge in [0.1, 0.15) is 11.9 Å². The molecule has 0 spiro atoms. The predicted molar refractivity (Wildman–Crippen MR) is 207 cm³/mol. The Hall–Kier alpha value is -4.62. The van der Waals surface area contributed by atoms with E-state index < -0.39 is 56.5 Å². The SMILES string of the molecule is C=C[C@@H]1C[C@]1(CC(=O)[C@@H]1C[C@@H]2CN1C(=O)[C@H](CCCN)CC(=O)OCCCCCc1ccc3nc(-c4ccccc4)cc(c3c1)O2)C(=O)NS(=O)(=O)C1CC1. The first-order valence-corrected chi connectivity index (χ1v) is 21.1. The van der Waals surface area contributed by atoms with E-state index in [0.717, 1.165) is 47.0 Å². The summed E-state index contributed by atoms with van der Waals surface area (Å²) in [5.74, 6) is -2.54. The van der Waals surface area contributed by atoms with Crippen LogP contribution in [0.3, 0.4) is 0 Å². The number of ether oxygens (including phenoxy) is 2. The second-order valence-electron chi connectivity index (χ2n) is 15.6. The lowest BCUT2D eigenvalue weighted by Crippen LogP contribution is -2.46. The van der Waals surface area contributed by atoms with Crippen LogP contribution in [0.25, 0.3) is 22.2 Å². The molecule has 2 aliphatic heterocycles. The number of aryl methyl sites for hydroxylation is 1. The molecule has 3 N–H and O–H groups in total. The van der Waals surface area contributed by atoms with Gasteiger partial charge < -0.3 is 20.1 Å². The van der Waals surface area contributed by atoms with Gasteiger partial charge in [0.2, 0.25) is 21.8 Å². The number of allylic oxidation sites excluding steroid dienone is 1. The molecule has 2 amide bonds. The molecule has 2 aliphatic carbocycles. The summed E-state index contributed by atoms with van der Waals surface area (Å²) in [5, 5.41) is 0.212. The average Bonchev–Trinajstić information content (AvgIpc) is 4.11. The highest BCUT2D eigenvalue weighted by Crippen LogP contribution is 2.57. The van der Waals surface area contributed by atoms with E-state index in [1.54, 1.807) is 6.08 Å². The number of nitrogens with zero attached hydrogens (tertiary/aromatic N) is 2. The monoisotopic (exact) mass is 770 g/mol. The Morgan fingerprint density at radius 2 is 1.87 bits per heavy atom. The predicted octanol–water partition coefficient (Wildman–Crippen LogP) is 5.02. The molecule has 0 radical (unpaired) electrons. The number of rotatable bonds is 11. The van der Waals surface area contributed by atoms with Crippen molar-refractivity contribution in [2.24, 2.45) is 23.0 Å². The number of sulfonamides is 1. The summed E-state index contributed by atoms with van der Waals surface area (Å²) in [4.78, 5) is 62.2. The van der Waals surface area contributed by atoms with Gasteiger partial charge in [-0.25, -0.2) is 13.4 Å². The van der Waals surface area contributed by atoms with E-state index in [1.807, 2.05) is 42.5 Å². The summed E-state index contributed by atoms with van der Waals surface area (Å²) in [7, 11) is -3.85. The molecule has 7 rings (SSSR count). The fraction of sp³-hybridized carbons (Fsp3) is 0.500. The quantitative estimate of drug-likeness (QED) is 0.199. The van der Waals surface area contributed by atoms with Crippen LogP contribution in [0.2, 0.25) is 0 Å². The zero-order chi connectivity index (χ0) is 38.7. The van der Waals surface area contributed by atoms with Crippen LogP contribution in [-0.4, -0.2) is 79.0 Å². The fourth-order valence-corrected chi connectivity index (χ4v) is 9.52. The summed E-state index contributed by atoms with van der Waals surface area (Å²) in [6.45, 7) is 4.46. The summed E-state index contributed by atoms with van der Waals surface area (Å²) < 4.78 is 40.2. The van der Waals surface area contributed by atoms with Crippen LogP contribution in [0.1, 0.15) is 76.2 Å². The summed E-state index contributed by atoms with van der Waals surface area (Å²) in [5.41, 5.74) is 8.05. The van der Waals surface area contributed by atoms with Crippen molar-refractivity contribution in [1.82, 2.24) is 14.6 Å². The van der Waals surface area contributed by atoms with E-state index >= 15 is 0 Å². The number of aromatic nitrogens is 1. The van der Waals surface area contributed by atoms with Gasteiger partial charge in [0, 0.05) is 35.8 Å². The number of carbonyl (C=O) groups is 4. The van der Waals surface area contributed by atoms with Gasteiger partial charge in [-0.2, -0.15) is 0 Å². The molecular weight excluding hydrogens is 721 g/mol. The molecule has 3 aromatic rings. The number of cyclic esters (lactones) is 1. The normalized spacial score (nSPS) is 26.1. The van der Waals surface area contributed by atoms with Crippen LogP contribution in [0.4, 0.5) is 0 Å². The molecule has 3 fully saturated rings. The number of nitrogens with two attached hydrogens (primary N) is 1. The van der Waals surface area contributed by atoms with Crippen LogP contribution in [0.5, 0.6) is 5.75 Å². The number of carbonyl (C=O) groups excluding carboxylic acids is 4. The number of esters is 1. The number of pyridine rings is 1. The lowest BCUT2D eigenvalue weighted by Gasteiger charge is -2.29. The summed E-state index contributed by atoms with van der Waals surface area (Å²) in [6, 6.07) is 16.8. The first-order valence-electron chi connectivity index (χ1n) is 19.5. The molecular formula is C42H50N4O8S. The maximum absolute atomic E-state index is 14.5. The molecule has 5 atom stereocenters. The van der Waals surface area contributed by atoms with Gasteiger partial charge in [-0.15, -0.1) is 6.58 Å². The fourth-order valence-electron chi connectivity index (χ4n) is 8.14. The van der Waals surface area contributed by atoms with Crippen LogP contribution in [0, 0.1) is 17.3 Å². The number of hydrogen-bond acceptors (Lipinski definition) is 10. The van der Waals surface area contributed by atoms with Gasteiger partial charge in [-0.3, -0.25) is 23.9 Å². The van der Waals surface area contributed by atoms with Crippen molar-refractivity contribution in [3.8, 4) is 17.0 Å². The summed E-state index contributed by atoms with van der Waals surface area (Å²) >= 11 is 0. The first kappa shape index (κ1) is 38.6. The van der Waals surface area contributed by atoms with Crippen molar-refractivity contribution in [1.29, 1.82) is 0 Å². The Balaban J connectivity index is 1.24. The van der Waals surface area contributed by atoms with E-state index in [4.69, 9.17) is 20.2 Å². The topological polar surface area (TPSA) is 175 Å². The van der Waals surface area contributed by atoms with Gasteiger partial charge in [-0.1, -0.05) is 42.5 Å². The van der Waals surface area contributed by atoms with Gasteiger partial charge in [0.25, 0.3) is 0 Å². The Labute approximate surface area is 322 Å². The van der Waals surface area contributed by atoms with Crippen molar-refractivity contribution in [3.05, 3.63) is 72.8 Å². The number of nitrogens with one attached hydrogen (secondary N) is 1. The maximum atomic E-state index is 14.5. The number of amides is 2. The molecule has 4 aliphatic rings. The van der Waals surface area contributed by atoms with E-state index in [0.29, 0.717) is 44.4 Å². The molecule has 13 heteroatoms. The van der Waals surface area contributed by atoms with Crippen LogP contribution < -0.4 is 15.2 Å². The van der Waals surface area contributed by atoms with Crippen molar-refractivity contribution in [3.63, 3.8) is 0 Å². The second-order valence-corrected chi connectivity index (χ2v) is 17.6. The Kier molecular flexibility index (Phi) is 11.4. The number of hydrogen-bond donors (Lipinski definition) is 2. The lowest BCUT2D eigenvalue weighted by atomic mass is 9.91. The molecule has 2 saturated carbocycles. The van der Waals surface area contributed by atoms with E-state index in [1.165, 1.54) is 4.90 Å². The molecule has 2 aromatic carbocycles.